The molecule has 2 atom stereocenters. The molecule has 2 N–H and O–H groups in total. The monoisotopic (exact) mass is 359 g/mol. The number of nitrogens with one attached hydrogen (secondary N) is 2. The van der Waals surface area contributed by atoms with Crippen LogP contribution in [0.25, 0.3) is 0 Å². The van der Waals surface area contributed by atoms with E-state index < -0.39 is 29.4 Å². The van der Waals surface area contributed by atoms with Crippen LogP contribution in [0.1, 0.15) is 6.42 Å². The molecule has 0 saturated heterocycles. The van der Waals surface area contributed by atoms with Crippen LogP contribution in [0.3, 0.4) is 0 Å². The first-order chi connectivity index (χ1) is 12.3. The van der Waals surface area contributed by atoms with E-state index in [0.29, 0.717) is 18.2 Å². The summed E-state index contributed by atoms with van der Waals surface area (Å²) < 4.78 is 26.5. The van der Waals surface area contributed by atoms with Crippen LogP contribution in [0, 0.1) is 23.5 Å². The van der Waals surface area contributed by atoms with Crippen molar-refractivity contribution in [1.82, 2.24) is 0 Å². The number of benzene rings is 2. The van der Waals surface area contributed by atoms with Gasteiger partial charge in [-0.2, -0.15) is 0 Å². The maximum absolute atomic E-state index is 13.6. The van der Waals surface area contributed by atoms with Crippen molar-refractivity contribution in [3.63, 3.8) is 0 Å². The third-order valence-electron chi connectivity index (χ3n) is 4.30. The van der Waals surface area contributed by atoms with Crippen molar-refractivity contribution in [1.29, 1.82) is 0 Å². The summed E-state index contributed by atoms with van der Waals surface area (Å²) >= 11 is 0. The van der Waals surface area contributed by atoms with E-state index in [2.05, 4.69) is 10.6 Å². The molecule has 1 aliphatic carbocycles. The maximum Gasteiger partial charge on any atom is 0.228 e. The molecule has 3 rings (SSSR count). The third kappa shape index (κ3) is 3.99. The smallest absolute Gasteiger partial charge is 0.228 e. The minimum atomic E-state index is -0.846. The molecule has 0 bridgehead atoms. The van der Waals surface area contributed by atoms with Gasteiger partial charge in [0.1, 0.15) is 11.6 Å². The van der Waals surface area contributed by atoms with Gasteiger partial charge in [0.15, 0.2) is 0 Å². The molecule has 26 heavy (non-hydrogen) atoms. The second-order valence-corrected chi connectivity index (χ2v) is 6.49. The van der Waals surface area contributed by atoms with Crippen molar-refractivity contribution in [3.8, 4) is 0 Å². The molecule has 2 aromatic rings. The summed E-state index contributed by atoms with van der Waals surface area (Å²) in [5, 5.41) is 5.18. The number of hydrogen-bond donors (Lipinski definition) is 2. The number of amides is 2. The van der Waals surface area contributed by atoms with E-state index in [1.54, 1.807) is 12.1 Å². The van der Waals surface area contributed by atoms with Crippen molar-refractivity contribution in [2.75, 3.05) is 29.6 Å². The Balaban J connectivity index is 1.55. The SMILES string of the molecule is CN(C)c1ccc(NC(=O)C2CC2C(=O)Nc2ccc(F)cc2F)cc1. The normalized spacial score (nSPS) is 18.2. The molecule has 5 nitrogen and oxygen atoms in total. The van der Waals surface area contributed by atoms with Crippen LogP contribution in [0.4, 0.5) is 25.8 Å². The highest BCUT2D eigenvalue weighted by Crippen LogP contribution is 2.40. The molecule has 2 amide bonds. The van der Waals surface area contributed by atoms with Crippen LogP contribution in [0.15, 0.2) is 42.5 Å². The van der Waals surface area contributed by atoms with Crippen LogP contribution in [-0.4, -0.2) is 25.9 Å². The van der Waals surface area contributed by atoms with E-state index in [4.69, 9.17) is 0 Å². The Morgan fingerprint density at radius 3 is 2.15 bits per heavy atom. The molecule has 2 unspecified atom stereocenters. The summed E-state index contributed by atoms with van der Waals surface area (Å²) in [5.74, 6) is -3.22. The topological polar surface area (TPSA) is 61.4 Å². The Morgan fingerprint density at radius 1 is 0.962 bits per heavy atom. The van der Waals surface area contributed by atoms with Gasteiger partial charge in [-0.3, -0.25) is 9.59 Å². The highest BCUT2D eigenvalue weighted by molar-refractivity contribution is 6.03. The molecule has 136 valence electrons. The van der Waals surface area contributed by atoms with E-state index >= 15 is 0 Å². The number of anilines is 3. The number of carbonyl (C=O) groups is 2. The van der Waals surface area contributed by atoms with E-state index in [1.165, 1.54) is 0 Å². The summed E-state index contributed by atoms with van der Waals surface area (Å²) in [4.78, 5) is 26.3. The number of halogens is 2. The Bertz CT molecular complexity index is 837. The fraction of sp³-hybridized carbons (Fsp3) is 0.263. The van der Waals surface area contributed by atoms with Gasteiger partial charge in [0.2, 0.25) is 11.8 Å². The predicted octanol–water partition coefficient (Wildman–Crippen LogP) is 3.24. The summed E-state index contributed by atoms with van der Waals surface area (Å²) in [6, 6.07) is 10.3. The molecule has 0 aliphatic heterocycles. The highest BCUT2D eigenvalue weighted by atomic mass is 19.1. The minimum Gasteiger partial charge on any atom is -0.378 e. The number of rotatable bonds is 5. The summed E-state index contributed by atoms with van der Waals surface area (Å²) in [5.41, 5.74) is 1.56. The van der Waals surface area contributed by atoms with Gasteiger partial charge in [-0.25, -0.2) is 8.78 Å². The van der Waals surface area contributed by atoms with Gasteiger partial charge in [0.25, 0.3) is 0 Å². The van der Waals surface area contributed by atoms with Gasteiger partial charge < -0.3 is 15.5 Å². The van der Waals surface area contributed by atoms with Crippen molar-refractivity contribution >= 4 is 28.9 Å². The Hall–Kier alpha value is -2.96. The van der Waals surface area contributed by atoms with E-state index in [0.717, 1.165) is 17.8 Å². The zero-order valence-electron chi connectivity index (χ0n) is 14.4. The molecule has 0 spiro atoms. The Kier molecular flexibility index (Phi) is 4.88. The van der Waals surface area contributed by atoms with Crippen molar-refractivity contribution in [3.05, 3.63) is 54.1 Å². The van der Waals surface area contributed by atoms with Gasteiger partial charge in [-0.15, -0.1) is 0 Å². The second-order valence-electron chi connectivity index (χ2n) is 6.49. The van der Waals surface area contributed by atoms with E-state index in [9.17, 15) is 18.4 Å². The zero-order valence-corrected chi connectivity index (χ0v) is 14.4. The lowest BCUT2D eigenvalue weighted by Crippen LogP contribution is -2.21. The summed E-state index contributed by atoms with van der Waals surface area (Å²) in [6.07, 6.45) is 0.399. The van der Waals surface area contributed by atoms with Crippen LogP contribution >= 0.6 is 0 Å². The average Bonchev–Trinajstić information content (AvgIpc) is 3.39. The molecule has 2 aromatic carbocycles. The molecule has 1 fully saturated rings. The zero-order chi connectivity index (χ0) is 18.8. The number of hydrogen-bond acceptors (Lipinski definition) is 3. The van der Waals surface area contributed by atoms with Gasteiger partial charge in [-0.05, 0) is 42.8 Å². The van der Waals surface area contributed by atoms with E-state index in [1.807, 2.05) is 31.1 Å². The Labute approximate surface area is 150 Å². The standard InChI is InChI=1S/C19H19F2N3O2/c1-24(2)13-6-4-12(5-7-13)22-18(25)14-10-15(14)19(26)23-17-8-3-11(20)9-16(17)21/h3-9,14-15H,10H2,1-2H3,(H,22,25)(H,23,26). The van der Waals surface area contributed by atoms with Crippen LogP contribution < -0.4 is 15.5 Å². The molecule has 7 heteroatoms. The first-order valence-electron chi connectivity index (χ1n) is 8.19. The number of nitrogens with zero attached hydrogens (tertiary/aromatic N) is 1. The lowest BCUT2D eigenvalue weighted by atomic mass is 10.2. The second kappa shape index (κ2) is 7.11. The molecule has 0 radical (unpaired) electrons. The fourth-order valence-corrected chi connectivity index (χ4v) is 2.67. The summed E-state index contributed by atoms with van der Waals surface area (Å²) in [6.45, 7) is 0. The number of carbonyl (C=O) groups excluding carboxylic acids is 2. The quantitative estimate of drug-likeness (QED) is 0.862. The Morgan fingerprint density at radius 2 is 1.58 bits per heavy atom. The van der Waals surface area contributed by atoms with Gasteiger partial charge >= 0.3 is 0 Å². The van der Waals surface area contributed by atoms with Crippen LogP contribution in [0.5, 0.6) is 0 Å². The first kappa shape index (κ1) is 17.8. The third-order valence-corrected chi connectivity index (χ3v) is 4.30. The highest BCUT2D eigenvalue weighted by Gasteiger charge is 2.48. The lowest BCUT2D eigenvalue weighted by Gasteiger charge is -2.13. The molecule has 0 heterocycles. The van der Waals surface area contributed by atoms with Crippen molar-refractivity contribution in [2.45, 2.75) is 6.42 Å². The van der Waals surface area contributed by atoms with Crippen LogP contribution in [-0.2, 0) is 9.59 Å². The average molecular weight is 359 g/mol. The lowest BCUT2D eigenvalue weighted by molar-refractivity contribution is -0.122. The molecular weight excluding hydrogens is 340 g/mol. The minimum absolute atomic E-state index is 0.0956. The van der Waals surface area contributed by atoms with E-state index in [-0.39, 0.29) is 11.6 Å². The summed E-state index contributed by atoms with van der Waals surface area (Å²) in [7, 11) is 3.84. The molecule has 0 aromatic heterocycles. The van der Waals surface area contributed by atoms with Gasteiger partial charge in [0, 0.05) is 31.5 Å². The van der Waals surface area contributed by atoms with Crippen molar-refractivity contribution in [2.24, 2.45) is 11.8 Å². The molecular formula is C19H19F2N3O2. The fourth-order valence-electron chi connectivity index (χ4n) is 2.67. The van der Waals surface area contributed by atoms with Gasteiger partial charge in [-0.1, -0.05) is 0 Å². The first-order valence-corrected chi connectivity index (χ1v) is 8.19. The maximum atomic E-state index is 13.6. The van der Waals surface area contributed by atoms with Crippen molar-refractivity contribution < 1.29 is 18.4 Å². The molecule has 1 aliphatic rings. The van der Waals surface area contributed by atoms with Crippen LogP contribution in [0.2, 0.25) is 0 Å². The predicted molar refractivity (Wildman–Crippen MR) is 96.0 cm³/mol. The van der Waals surface area contributed by atoms with Gasteiger partial charge in [0.05, 0.1) is 17.5 Å². The molecule has 1 saturated carbocycles. The largest absolute Gasteiger partial charge is 0.378 e.